The number of nitrogens with zero attached hydrogens (tertiary/aromatic N) is 4. The number of benzene rings is 1. The molecular formula is C17H17N5O4. The van der Waals surface area contributed by atoms with Gasteiger partial charge in [0.1, 0.15) is 6.54 Å². The summed E-state index contributed by atoms with van der Waals surface area (Å²) in [5, 5.41) is 10.6. The molecule has 9 heteroatoms. The molecule has 1 aromatic carbocycles. The molecule has 2 heterocycles. The number of amides is 1. The molecule has 0 aliphatic rings. The van der Waals surface area contributed by atoms with Crippen molar-refractivity contribution in [1.82, 2.24) is 25.2 Å². The largest absolute Gasteiger partial charge is 0.383 e. The molecule has 0 aliphatic carbocycles. The molecule has 134 valence electrons. The highest BCUT2D eigenvalue weighted by atomic mass is 16.5. The highest BCUT2D eigenvalue weighted by molar-refractivity contribution is 5.89. The van der Waals surface area contributed by atoms with Crippen LogP contribution in [-0.2, 0) is 11.3 Å². The number of carbonyl (C=O) groups is 1. The van der Waals surface area contributed by atoms with Gasteiger partial charge in [-0.05, 0) is 6.07 Å². The smallest absolute Gasteiger partial charge is 0.316 e. The molecule has 0 spiro atoms. The zero-order chi connectivity index (χ0) is 18.4. The van der Waals surface area contributed by atoms with Crippen molar-refractivity contribution in [2.45, 2.75) is 6.54 Å². The minimum atomic E-state index is -0.501. The van der Waals surface area contributed by atoms with Gasteiger partial charge in [-0.3, -0.25) is 9.59 Å². The van der Waals surface area contributed by atoms with Crippen molar-refractivity contribution in [2.75, 3.05) is 20.3 Å². The van der Waals surface area contributed by atoms with E-state index in [4.69, 9.17) is 9.26 Å². The van der Waals surface area contributed by atoms with Crippen LogP contribution in [0.25, 0.3) is 11.3 Å². The Morgan fingerprint density at radius 1 is 1.23 bits per heavy atom. The standard InChI is InChI=1S/C17H17N5O4/c1-25-10-9-18-16(24)17-19-14(21-26-17)11-22-15(23)8-7-13(20-22)12-5-3-2-4-6-12/h2-8H,9-11H2,1H3,(H,18,24). The Labute approximate surface area is 148 Å². The van der Waals surface area contributed by atoms with E-state index in [1.54, 1.807) is 6.07 Å². The van der Waals surface area contributed by atoms with Crippen LogP contribution in [-0.4, -0.2) is 46.1 Å². The van der Waals surface area contributed by atoms with E-state index in [1.165, 1.54) is 17.9 Å². The summed E-state index contributed by atoms with van der Waals surface area (Å²) in [7, 11) is 1.53. The number of carbonyl (C=O) groups excluding carboxylic acids is 1. The monoisotopic (exact) mass is 355 g/mol. The Morgan fingerprint density at radius 2 is 2.04 bits per heavy atom. The lowest BCUT2D eigenvalue weighted by Crippen LogP contribution is -2.27. The number of ether oxygens (including phenoxy) is 1. The highest BCUT2D eigenvalue weighted by Gasteiger charge is 2.15. The second-order valence-corrected chi connectivity index (χ2v) is 5.34. The van der Waals surface area contributed by atoms with Crippen LogP contribution in [0.1, 0.15) is 16.5 Å². The fraction of sp³-hybridized carbons (Fsp3) is 0.235. The van der Waals surface area contributed by atoms with Crippen molar-refractivity contribution in [3.63, 3.8) is 0 Å². The highest BCUT2D eigenvalue weighted by Crippen LogP contribution is 2.14. The van der Waals surface area contributed by atoms with Gasteiger partial charge < -0.3 is 14.6 Å². The van der Waals surface area contributed by atoms with Gasteiger partial charge in [-0.1, -0.05) is 35.5 Å². The molecule has 0 atom stereocenters. The lowest BCUT2D eigenvalue weighted by molar-refractivity contribution is 0.0893. The van der Waals surface area contributed by atoms with E-state index in [9.17, 15) is 9.59 Å². The Morgan fingerprint density at radius 3 is 2.81 bits per heavy atom. The van der Waals surface area contributed by atoms with Gasteiger partial charge >= 0.3 is 11.8 Å². The molecule has 2 aromatic heterocycles. The zero-order valence-corrected chi connectivity index (χ0v) is 14.1. The first kappa shape index (κ1) is 17.5. The Hall–Kier alpha value is -3.33. The maximum absolute atomic E-state index is 12.0. The maximum atomic E-state index is 12.0. The minimum absolute atomic E-state index is 0.00560. The molecule has 3 aromatic rings. The van der Waals surface area contributed by atoms with Crippen molar-refractivity contribution in [3.05, 3.63) is 64.5 Å². The molecule has 9 nitrogen and oxygen atoms in total. The van der Waals surface area contributed by atoms with Gasteiger partial charge in [0.15, 0.2) is 5.82 Å². The van der Waals surface area contributed by atoms with Gasteiger partial charge in [0.05, 0.1) is 12.3 Å². The van der Waals surface area contributed by atoms with Crippen molar-refractivity contribution in [2.24, 2.45) is 0 Å². The molecule has 0 saturated heterocycles. The first-order valence-corrected chi connectivity index (χ1v) is 7.90. The first-order valence-electron chi connectivity index (χ1n) is 7.90. The van der Waals surface area contributed by atoms with Crippen LogP contribution in [0, 0.1) is 0 Å². The molecule has 0 bridgehead atoms. The van der Waals surface area contributed by atoms with E-state index in [0.717, 1.165) is 5.56 Å². The molecule has 0 radical (unpaired) electrons. The van der Waals surface area contributed by atoms with Gasteiger partial charge in [-0.15, -0.1) is 0 Å². The summed E-state index contributed by atoms with van der Waals surface area (Å²) in [5.41, 5.74) is 1.22. The third-order valence-electron chi connectivity index (χ3n) is 3.48. The molecule has 1 amide bonds. The number of rotatable bonds is 7. The van der Waals surface area contributed by atoms with Crippen molar-refractivity contribution in [1.29, 1.82) is 0 Å². The fourth-order valence-electron chi connectivity index (χ4n) is 2.21. The second-order valence-electron chi connectivity index (χ2n) is 5.34. The second kappa shape index (κ2) is 8.17. The van der Waals surface area contributed by atoms with Crippen molar-refractivity contribution in [3.8, 4) is 11.3 Å². The number of aromatic nitrogens is 4. The van der Waals surface area contributed by atoms with Crippen molar-refractivity contribution >= 4 is 5.91 Å². The molecule has 26 heavy (non-hydrogen) atoms. The SMILES string of the molecule is COCCNC(=O)c1nc(Cn2nc(-c3ccccc3)ccc2=O)no1. The van der Waals surface area contributed by atoms with Crippen molar-refractivity contribution < 1.29 is 14.1 Å². The van der Waals surface area contributed by atoms with Crippen LogP contribution in [0.15, 0.2) is 51.8 Å². The number of hydrogen-bond acceptors (Lipinski definition) is 7. The summed E-state index contributed by atoms with van der Waals surface area (Å²) >= 11 is 0. The van der Waals surface area contributed by atoms with Gasteiger partial charge in [0.25, 0.3) is 5.56 Å². The summed E-state index contributed by atoms with van der Waals surface area (Å²) in [4.78, 5) is 27.9. The van der Waals surface area contributed by atoms with E-state index in [1.807, 2.05) is 30.3 Å². The molecule has 1 N–H and O–H groups in total. The third kappa shape index (κ3) is 4.19. The van der Waals surface area contributed by atoms with E-state index in [2.05, 4.69) is 20.6 Å². The average Bonchev–Trinajstić information content (AvgIpc) is 3.13. The summed E-state index contributed by atoms with van der Waals surface area (Å²) in [6.45, 7) is 0.694. The Bertz CT molecular complexity index is 936. The van der Waals surface area contributed by atoms with E-state index >= 15 is 0 Å². The van der Waals surface area contributed by atoms with Crippen LogP contribution in [0.2, 0.25) is 0 Å². The fourth-order valence-corrected chi connectivity index (χ4v) is 2.21. The van der Waals surface area contributed by atoms with Crippen LogP contribution in [0.5, 0.6) is 0 Å². The third-order valence-corrected chi connectivity index (χ3v) is 3.48. The van der Waals surface area contributed by atoms with Crippen LogP contribution >= 0.6 is 0 Å². The topological polar surface area (TPSA) is 112 Å². The van der Waals surface area contributed by atoms with Gasteiger partial charge in [-0.25, -0.2) is 4.68 Å². The van der Waals surface area contributed by atoms with E-state index in [0.29, 0.717) is 18.8 Å². The lowest BCUT2D eigenvalue weighted by Gasteiger charge is -2.04. The number of nitrogens with one attached hydrogen (secondary N) is 1. The minimum Gasteiger partial charge on any atom is -0.383 e. The maximum Gasteiger partial charge on any atom is 0.316 e. The quantitative estimate of drug-likeness (QED) is 0.621. The molecular weight excluding hydrogens is 338 g/mol. The zero-order valence-electron chi connectivity index (χ0n) is 14.1. The molecule has 0 unspecified atom stereocenters. The predicted molar refractivity (Wildman–Crippen MR) is 91.5 cm³/mol. The Balaban J connectivity index is 1.75. The van der Waals surface area contributed by atoms with E-state index in [-0.39, 0.29) is 23.8 Å². The normalized spacial score (nSPS) is 10.7. The summed E-state index contributed by atoms with van der Waals surface area (Å²) in [5.74, 6) is -0.496. The molecule has 3 rings (SSSR count). The molecule has 0 saturated carbocycles. The average molecular weight is 355 g/mol. The van der Waals surface area contributed by atoms with Gasteiger partial charge in [-0.2, -0.15) is 10.1 Å². The first-order chi connectivity index (χ1) is 12.7. The lowest BCUT2D eigenvalue weighted by atomic mass is 10.1. The molecule has 0 fully saturated rings. The summed E-state index contributed by atoms with van der Waals surface area (Å²) in [6, 6.07) is 12.5. The van der Waals surface area contributed by atoms with Gasteiger partial charge in [0, 0.05) is 25.3 Å². The number of hydrogen-bond donors (Lipinski definition) is 1. The number of methoxy groups -OCH3 is 1. The van der Waals surface area contributed by atoms with Crippen LogP contribution < -0.4 is 10.9 Å². The summed E-state index contributed by atoms with van der Waals surface area (Å²) < 4.78 is 11.0. The summed E-state index contributed by atoms with van der Waals surface area (Å²) in [6.07, 6.45) is 0. The molecule has 0 aliphatic heterocycles. The predicted octanol–water partition coefficient (Wildman–Crippen LogP) is 0.718. The van der Waals surface area contributed by atoms with Crippen LogP contribution in [0.4, 0.5) is 0 Å². The van der Waals surface area contributed by atoms with Crippen LogP contribution in [0.3, 0.4) is 0 Å². The Kier molecular flexibility index (Phi) is 5.49. The van der Waals surface area contributed by atoms with E-state index < -0.39 is 5.91 Å². The van der Waals surface area contributed by atoms with Gasteiger partial charge in [0.2, 0.25) is 0 Å².